The third kappa shape index (κ3) is 1.78. The van der Waals surface area contributed by atoms with Gasteiger partial charge in [-0.15, -0.1) is 0 Å². The molecule has 2 heterocycles. The molecule has 3 nitrogen and oxygen atoms in total. The lowest BCUT2D eigenvalue weighted by atomic mass is 9.92. The lowest BCUT2D eigenvalue weighted by Gasteiger charge is -2.24. The maximum absolute atomic E-state index is 11.7. The van der Waals surface area contributed by atoms with Crippen LogP contribution in [0.2, 0.25) is 0 Å². The van der Waals surface area contributed by atoms with Crippen molar-refractivity contribution in [3.63, 3.8) is 0 Å². The molecule has 0 saturated heterocycles. The smallest absolute Gasteiger partial charge is 0.148 e. The van der Waals surface area contributed by atoms with Crippen LogP contribution in [0.4, 0.5) is 0 Å². The Morgan fingerprint density at radius 1 is 0.917 bits per heavy atom. The number of allylic oxidation sites excluding steroid dienone is 1. The van der Waals surface area contributed by atoms with Crippen molar-refractivity contribution in [3.05, 3.63) is 83.6 Å². The molecule has 1 aromatic heterocycles. The molecule has 0 amide bonds. The average Bonchev–Trinajstić information content (AvgIpc) is 3.07. The maximum atomic E-state index is 11.7. The topological polar surface area (TPSA) is 34.9 Å². The molecule has 1 aliphatic heterocycles. The first-order valence-electron chi connectivity index (χ1n) is 7.97. The molecule has 3 heteroatoms. The molecule has 0 bridgehead atoms. The van der Waals surface area contributed by atoms with Crippen molar-refractivity contribution < 1.29 is 4.79 Å². The first-order valence-corrected chi connectivity index (χ1v) is 7.97. The van der Waals surface area contributed by atoms with Crippen LogP contribution in [0.5, 0.6) is 0 Å². The lowest BCUT2D eigenvalue weighted by molar-refractivity contribution is -0.105. The lowest BCUT2D eigenvalue weighted by Crippen LogP contribution is -2.18. The minimum absolute atomic E-state index is 0.181. The number of nitrogens with zero attached hydrogens (tertiary/aromatic N) is 2. The summed E-state index contributed by atoms with van der Waals surface area (Å²) in [6.07, 6.45) is 4.80. The first kappa shape index (κ1) is 13.3. The van der Waals surface area contributed by atoms with Gasteiger partial charge in [0.25, 0.3) is 0 Å². The normalized spacial score (nSPS) is 16.3. The zero-order chi connectivity index (χ0) is 16.1. The summed E-state index contributed by atoms with van der Waals surface area (Å²) in [4.78, 5) is 11.7. The number of hydrogen-bond donors (Lipinski definition) is 0. The van der Waals surface area contributed by atoms with Gasteiger partial charge in [-0.05, 0) is 28.5 Å². The van der Waals surface area contributed by atoms with Gasteiger partial charge in [0.2, 0.25) is 0 Å². The Kier molecular flexibility index (Phi) is 2.71. The van der Waals surface area contributed by atoms with Gasteiger partial charge in [-0.25, -0.2) is 0 Å². The number of benzene rings is 3. The number of hydrogen-bond acceptors (Lipinski definition) is 2. The van der Waals surface area contributed by atoms with Gasteiger partial charge in [-0.2, -0.15) is 5.10 Å². The van der Waals surface area contributed by atoms with Gasteiger partial charge in [0, 0.05) is 16.5 Å². The number of carbonyl (C=O) groups is 1. The SMILES string of the molecule is O=CC1=Cc2cccc3cnn(c23)[C@@H]1c1ccc2ccccc2c1. The van der Waals surface area contributed by atoms with E-state index in [4.69, 9.17) is 0 Å². The zero-order valence-corrected chi connectivity index (χ0v) is 12.9. The second-order valence-electron chi connectivity index (χ2n) is 6.15. The first-order chi connectivity index (χ1) is 11.8. The highest BCUT2D eigenvalue weighted by atomic mass is 16.1. The second-order valence-corrected chi connectivity index (χ2v) is 6.15. The van der Waals surface area contributed by atoms with Crippen LogP contribution >= 0.6 is 0 Å². The van der Waals surface area contributed by atoms with Gasteiger partial charge in [0.1, 0.15) is 12.3 Å². The molecule has 0 saturated carbocycles. The molecule has 24 heavy (non-hydrogen) atoms. The fourth-order valence-electron chi connectivity index (χ4n) is 3.65. The maximum Gasteiger partial charge on any atom is 0.148 e. The van der Waals surface area contributed by atoms with E-state index in [-0.39, 0.29) is 6.04 Å². The summed E-state index contributed by atoms with van der Waals surface area (Å²) in [6, 6.07) is 20.5. The van der Waals surface area contributed by atoms with E-state index < -0.39 is 0 Å². The minimum atomic E-state index is -0.181. The number of aromatic nitrogens is 2. The Hall–Kier alpha value is -3.20. The van der Waals surface area contributed by atoms with Gasteiger partial charge in [-0.3, -0.25) is 9.48 Å². The number of carbonyl (C=O) groups excluding carboxylic acids is 1. The van der Waals surface area contributed by atoms with Crippen LogP contribution in [0, 0.1) is 0 Å². The van der Waals surface area contributed by atoms with Crippen LogP contribution in [0.25, 0.3) is 27.8 Å². The van der Waals surface area contributed by atoms with Crippen LogP contribution in [0.15, 0.2) is 72.4 Å². The predicted octanol–water partition coefficient (Wildman–Crippen LogP) is 4.37. The van der Waals surface area contributed by atoms with E-state index in [0.29, 0.717) is 0 Å². The van der Waals surface area contributed by atoms with Crippen LogP contribution in [0.1, 0.15) is 17.2 Å². The Balaban J connectivity index is 1.78. The third-order valence-corrected chi connectivity index (χ3v) is 4.76. The van der Waals surface area contributed by atoms with Crippen molar-refractivity contribution in [1.82, 2.24) is 9.78 Å². The van der Waals surface area contributed by atoms with Crippen molar-refractivity contribution >= 4 is 34.0 Å². The van der Waals surface area contributed by atoms with Crippen LogP contribution < -0.4 is 0 Å². The minimum Gasteiger partial charge on any atom is -0.298 e. The quantitative estimate of drug-likeness (QED) is 0.515. The van der Waals surface area contributed by atoms with E-state index in [9.17, 15) is 4.79 Å². The molecule has 1 atom stereocenters. The molecule has 1 aliphatic rings. The Labute approximate surface area is 138 Å². The summed E-state index contributed by atoms with van der Waals surface area (Å²) >= 11 is 0. The van der Waals surface area contributed by atoms with E-state index in [0.717, 1.165) is 33.9 Å². The predicted molar refractivity (Wildman–Crippen MR) is 95.9 cm³/mol. The summed E-state index contributed by atoms with van der Waals surface area (Å²) in [6.45, 7) is 0. The molecular weight excluding hydrogens is 296 g/mol. The molecule has 5 rings (SSSR count). The van der Waals surface area contributed by atoms with Gasteiger partial charge in [0.05, 0.1) is 11.7 Å². The molecule has 114 valence electrons. The van der Waals surface area contributed by atoms with Crippen LogP contribution in [0.3, 0.4) is 0 Å². The molecule has 0 fully saturated rings. The molecule has 0 unspecified atom stereocenters. The number of aldehydes is 1. The van der Waals surface area contributed by atoms with Crippen LogP contribution in [-0.2, 0) is 4.79 Å². The Morgan fingerprint density at radius 3 is 2.62 bits per heavy atom. The van der Waals surface area contributed by atoms with Crippen molar-refractivity contribution in [2.75, 3.05) is 0 Å². The van der Waals surface area contributed by atoms with Crippen LogP contribution in [-0.4, -0.2) is 16.1 Å². The van der Waals surface area contributed by atoms with Crippen molar-refractivity contribution in [1.29, 1.82) is 0 Å². The summed E-state index contributed by atoms with van der Waals surface area (Å²) < 4.78 is 1.97. The number of rotatable bonds is 2. The summed E-state index contributed by atoms with van der Waals surface area (Å²) in [5.41, 5.74) is 3.94. The fourth-order valence-corrected chi connectivity index (χ4v) is 3.65. The standard InChI is InChI=1S/C21H14N2O/c24-13-19-11-16-6-3-7-18-12-22-23(20(16)18)21(19)17-9-8-14-4-1-2-5-15(14)10-17/h1-13,21H/t21-/m1/s1. The summed E-state index contributed by atoms with van der Waals surface area (Å²) in [7, 11) is 0. The Morgan fingerprint density at radius 2 is 1.75 bits per heavy atom. The zero-order valence-electron chi connectivity index (χ0n) is 12.9. The monoisotopic (exact) mass is 310 g/mol. The highest BCUT2D eigenvalue weighted by Gasteiger charge is 2.26. The second kappa shape index (κ2) is 4.90. The van der Waals surface area contributed by atoms with E-state index in [1.165, 1.54) is 10.8 Å². The highest BCUT2D eigenvalue weighted by Crippen LogP contribution is 2.36. The van der Waals surface area contributed by atoms with E-state index >= 15 is 0 Å². The van der Waals surface area contributed by atoms with E-state index in [2.05, 4.69) is 41.5 Å². The third-order valence-electron chi connectivity index (χ3n) is 4.76. The molecule has 3 aromatic carbocycles. The molecule has 0 N–H and O–H groups in total. The number of fused-ring (bicyclic) bond motifs is 1. The average molecular weight is 310 g/mol. The van der Waals surface area contributed by atoms with E-state index in [1.54, 1.807) is 0 Å². The van der Waals surface area contributed by atoms with Crippen molar-refractivity contribution in [2.45, 2.75) is 6.04 Å². The van der Waals surface area contributed by atoms with Gasteiger partial charge < -0.3 is 0 Å². The summed E-state index contributed by atoms with van der Waals surface area (Å²) in [5.74, 6) is 0. The van der Waals surface area contributed by atoms with Crippen molar-refractivity contribution in [2.24, 2.45) is 0 Å². The molecule has 4 aromatic rings. The van der Waals surface area contributed by atoms with Crippen molar-refractivity contribution in [3.8, 4) is 0 Å². The molecule has 0 aliphatic carbocycles. The molecule has 0 radical (unpaired) electrons. The van der Waals surface area contributed by atoms with Gasteiger partial charge in [0.15, 0.2) is 0 Å². The van der Waals surface area contributed by atoms with Gasteiger partial charge in [-0.1, -0.05) is 54.6 Å². The van der Waals surface area contributed by atoms with Gasteiger partial charge >= 0.3 is 0 Å². The molecular formula is C21H14N2O. The number of para-hydroxylation sites is 1. The van der Waals surface area contributed by atoms with E-state index in [1.807, 2.05) is 41.2 Å². The molecule has 0 spiro atoms. The summed E-state index contributed by atoms with van der Waals surface area (Å²) in [5, 5.41) is 8.04. The highest BCUT2D eigenvalue weighted by molar-refractivity contribution is 5.96. The largest absolute Gasteiger partial charge is 0.298 e. The fraction of sp³-hybridized carbons (Fsp3) is 0.0476. The Bertz CT molecular complexity index is 1140.